The average Bonchev–Trinajstić information content (AvgIpc) is 2.80. The zero-order valence-corrected chi connectivity index (χ0v) is 12.1. The van der Waals surface area contributed by atoms with Crippen LogP contribution >= 0.6 is 0 Å². The quantitative estimate of drug-likeness (QED) is 0.810. The molecule has 1 saturated carbocycles. The molecule has 0 spiro atoms. The van der Waals surface area contributed by atoms with Gasteiger partial charge in [0.1, 0.15) is 0 Å². The van der Waals surface area contributed by atoms with Crippen LogP contribution in [-0.2, 0) is 9.59 Å². The van der Waals surface area contributed by atoms with E-state index in [1.54, 1.807) is 0 Å². The molecule has 0 radical (unpaired) electrons. The molecule has 5 nitrogen and oxygen atoms in total. The molecule has 2 saturated heterocycles. The Morgan fingerprint density at radius 2 is 2.10 bits per heavy atom. The molecule has 5 heteroatoms. The summed E-state index contributed by atoms with van der Waals surface area (Å²) in [6.45, 7) is 2.17. The monoisotopic (exact) mass is 279 g/mol. The van der Waals surface area contributed by atoms with Crippen LogP contribution in [0.2, 0.25) is 0 Å². The van der Waals surface area contributed by atoms with Crippen molar-refractivity contribution in [2.75, 3.05) is 19.6 Å². The maximum atomic E-state index is 12.4. The van der Waals surface area contributed by atoms with E-state index in [0.29, 0.717) is 25.3 Å². The summed E-state index contributed by atoms with van der Waals surface area (Å²) in [4.78, 5) is 28.0. The van der Waals surface area contributed by atoms with Crippen LogP contribution in [0.15, 0.2) is 0 Å². The van der Waals surface area contributed by atoms with Crippen molar-refractivity contribution in [1.29, 1.82) is 0 Å². The van der Waals surface area contributed by atoms with Gasteiger partial charge in [0.2, 0.25) is 11.8 Å². The molecular formula is C15H25N3O2. The van der Waals surface area contributed by atoms with Crippen molar-refractivity contribution in [2.45, 2.75) is 57.0 Å². The standard InChI is InChI=1S/C15H25N3O2/c16-12-3-1-2-11(8-12)9-15(20)17-6-7-18-13(10-17)4-5-14(18)19/h11-13H,1-10,16H2. The minimum Gasteiger partial charge on any atom is -0.339 e. The van der Waals surface area contributed by atoms with Gasteiger partial charge in [-0.1, -0.05) is 6.42 Å². The fourth-order valence-corrected chi connectivity index (χ4v) is 3.98. The highest BCUT2D eigenvalue weighted by atomic mass is 16.2. The van der Waals surface area contributed by atoms with Gasteiger partial charge in [-0.25, -0.2) is 0 Å². The average molecular weight is 279 g/mol. The fraction of sp³-hybridized carbons (Fsp3) is 0.867. The van der Waals surface area contributed by atoms with Crippen molar-refractivity contribution in [3.63, 3.8) is 0 Å². The van der Waals surface area contributed by atoms with Gasteiger partial charge in [0.05, 0.1) is 0 Å². The molecule has 0 aromatic rings. The molecule has 0 aromatic carbocycles. The van der Waals surface area contributed by atoms with Crippen molar-refractivity contribution >= 4 is 11.8 Å². The molecule has 0 bridgehead atoms. The summed E-state index contributed by atoms with van der Waals surface area (Å²) in [6.07, 6.45) is 6.61. The second-order valence-corrected chi connectivity index (χ2v) is 6.62. The maximum Gasteiger partial charge on any atom is 0.223 e. The van der Waals surface area contributed by atoms with Gasteiger partial charge >= 0.3 is 0 Å². The summed E-state index contributed by atoms with van der Waals surface area (Å²) in [5.74, 6) is 0.998. The second-order valence-electron chi connectivity index (χ2n) is 6.62. The van der Waals surface area contributed by atoms with Crippen LogP contribution in [0, 0.1) is 5.92 Å². The normalized spacial score (nSPS) is 34.2. The number of nitrogens with zero attached hydrogens (tertiary/aromatic N) is 2. The van der Waals surface area contributed by atoms with Gasteiger partial charge in [0.25, 0.3) is 0 Å². The first-order valence-electron chi connectivity index (χ1n) is 7.96. The molecule has 3 aliphatic rings. The Labute approximate surface area is 120 Å². The topological polar surface area (TPSA) is 66.6 Å². The SMILES string of the molecule is NC1CCCC(CC(=O)N2CCN3C(=O)CCC3C2)C1. The maximum absolute atomic E-state index is 12.4. The highest BCUT2D eigenvalue weighted by molar-refractivity contribution is 5.80. The summed E-state index contributed by atoms with van der Waals surface area (Å²) in [6, 6.07) is 0.555. The van der Waals surface area contributed by atoms with Crippen molar-refractivity contribution in [1.82, 2.24) is 9.80 Å². The van der Waals surface area contributed by atoms with E-state index in [0.717, 1.165) is 45.2 Å². The molecule has 1 aliphatic carbocycles. The van der Waals surface area contributed by atoms with Gasteiger partial charge in [-0.05, 0) is 31.6 Å². The van der Waals surface area contributed by atoms with Gasteiger partial charge in [-0.15, -0.1) is 0 Å². The van der Waals surface area contributed by atoms with E-state index in [9.17, 15) is 9.59 Å². The Morgan fingerprint density at radius 3 is 2.90 bits per heavy atom. The Hall–Kier alpha value is -1.10. The zero-order chi connectivity index (χ0) is 14.1. The van der Waals surface area contributed by atoms with E-state index in [1.807, 2.05) is 9.80 Å². The van der Waals surface area contributed by atoms with Gasteiger partial charge in [-0.2, -0.15) is 0 Å². The predicted octanol–water partition coefficient (Wildman–Crippen LogP) is 0.727. The summed E-state index contributed by atoms with van der Waals surface area (Å²) in [7, 11) is 0. The number of hydrogen-bond acceptors (Lipinski definition) is 3. The number of hydrogen-bond donors (Lipinski definition) is 1. The Morgan fingerprint density at radius 1 is 1.25 bits per heavy atom. The van der Waals surface area contributed by atoms with Gasteiger partial charge in [0.15, 0.2) is 0 Å². The third kappa shape index (κ3) is 2.82. The Kier molecular flexibility index (Phi) is 3.96. The predicted molar refractivity (Wildman–Crippen MR) is 75.9 cm³/mol. The molecule has 20 heavy (non-hydrogen) atoms. The van der Waals surface area contributed by atoms with Crippen LogP contribution < -0.4 is 5.73 Å². The molecule has 112 valence electrons. The molecule has 0 aromatic heterocycles. The van der Waals surface area contributed by atoms with Crippen molar-refractivity contribution in [3.8, 4) is 0 Å². The first kappa shape index (κ1) is 13.9. The lowest BCUT2D eigenvalue weighted by molar-refractivity contribution is -0.139. The third-order valence-electron chi connectivity index (χ3n) is 5.13. The van der Waals surface area contributed by atoms with E-state index < -0.39 is 0 Å². The molecule has 3 unspecified atom stereocenters. The van der Waals surface area contributed by atoms with E-state index in [4.69, 9.17) is 5.73 Å². The summed E-state index contributed by atoms with van der Waals surface area (Å²) in [5.41, 5.74) is 6.00. The molecule has 2 aliphatic heterocycles. The minimum atomic E-state index is 0.264. The minimum absolute atomic E-state index is 0.264. The first-order chi connectivity index (χ1) is 9.63. The number of carbonyl (C=O) groups is 2. The van der Waals surface area contributed by atoms with Crippen LogP contribution in [-0.4, -0.2) is 53.3 Å². The molecule has 3 rings (SSSR count). The molecule has 2 amide bonds. The van der Waals surface area contributed by atoms with Crippen molar-refractivity contribution in [2.24, 2.45) is 11.7 Å². The fourth-order valence-electron chi connectivity index (χ4n) is 3.98. The molecule has 3 atom stereocenters. The number of carbonyl (C=O) groups excluding carboxylic acids is 2. The number of fused-ring (bicyclic) bond motifs is 1. The molecule has 2 heterocycles. The van der Waals surface area contributed by atoms with Crippen molar-refractivity contribution < 1.29 is 9.59 Å². The molecule has 3 fully saturated rings. The second kappa shape index (κ2) is 5.72. The lowest BCUT2D eigenvalue weighted by Crippen LogP contribution is -2.53. The Balaban J connectivity index is 1.52. The van der Waals surface area contributed by atoms with Crippen LogP contribution in [0.1, 0.15) is 44.9 Å². The van der Waals surface area contributed by atoms with E-state index in [-0.39, 0.29) is 23.9 Å². The molecule has 2 N–H and O–H groups in total. The number of nitrogens with two attached hydrogens (primary N) is 1. The third-order valence-corrected chi connectivity index (χ3v) is 5.13. The highest BCUT2D eigenvalue weighted by Gasteiger charge is 2.37. The van der Waals surface area contributed by atoms with Gasteiger partial charge in [-0.3, -0.25) is 9.59 Å². The van der Waals surface area contributed by atoms with Gasteiger partial charge in [0, 0.05) is 44.6 Å². The summed E-state index contributed by atoms with van der Waals surface area (Å²) >= 11 is 0. The first-order valence-corrected chi connectivity index (χ1v) is 7.96. The summed E-state index contributed by atoms with van der Waals surface area (Å²) < 4.78 is 0. The lowest BCUT2D eigenvalue weighted by atomic mass is 9.84. The number of amides is 2. The molecular weight excluding hydrogens is 254 g/mol. The van der Waals surface area contributed by atoms with E-state index >= 15 is 0 Å². The van der Waals surface area contributed by atoms with Crippen molar-refractivity contribution in [3.05, 3.63) is 0 Å². The zero-order valence-electron chi connectivity index (χ0n) is 12.1. The van der Waals surface area contributed by atoms with Crippen LogP contribution in [0.3, 0.4) is 0 Å². The van der Waals surface area contributed by atoms with Crippen LogP contribution in [0.25, 0.3) is 0 Å². The Bertz CT molecular complexity index is 399. The number of rotatable bonds is 2. The van der Waals surface area contributed by atoms with Crippen LogP contribution in [0.4, 0.5) is 0 Å². The van der Waals surface area contributed by atoms with Crippen LogP contribution in [0.5, 0.6) is 0 Å². The lowest BCUT2D eigenvalue weighted by Gasteiger charge is -2.38. The van der Waals surface area contributed by atoms with E-state index in [1.165, 1.54) is 0 Å². The summed E-state index contributed by atoms with van der Waals surface area (Å²) in [5, 5.41) is 0. The largest absolute Gasteiger partial charge is 0.339 e. The van der Waals surface area contributed by atoms with Gasteiger partial charge < -0.3 is 15.5 Å². The smallest absolute Gasteiger partial charge is 0.223 e. The number of piperazine rings is 1. The van der Waals surface area contributed by atoms with E-state index in [2.05, 4.69) is 0 Å². The highest BCUT2D eigenvalue weighted by Crippen LogP contribution is 2.28.